The largest absolute Gasteiger partial charge is 0.458 e. The summed E-state index contributed by atoms with van der Waals surface area (Å²) in [4.78, 5) is 0. The predicted octanol–water partition coefficient (Wildman–Crippen LogP) is 2.91. The highest BCUT2D eigenvalue weighted by Gasteiger charge is 1.98. The fourth-order valence-electron chi connectivity index (χ4n) is 1.14. The van der Waals surface area contributed by atoms with Crippen LogP contribution in [0.4, 0.5) is 0 Å². The molecule has 60 valence electrons. The van der Waals surface area contributed by atoms with E-state index < -0.39 is 0 Å². The van der Waals surface area contributed by atoms with E-state index in [0.717, 1.165) is 17.9 Å². The van der Waals surface area contributed by atoms with E-state index >= 15 is 0 Å². The van der Waals surface area contributed by atoms with Gasteiger partial charge in [-0.15, -0.1) is 0 Å². The minimum Gasteiger partial charge on any atom is -0.458 e. The molecule has 1 aliphatic rings. The summed E-state index contributed by atoms with van der Waals surface area (Å²) in [5.41, 5.74) is 0. The van der Waals surface area contributed by atoms with Crippen molar-refractivity contribution in [3.63, 3.8) is 0 Å². The van der Waals surface area contributed by atoms with Crippen LogP contribution in [0.5, 0.6) is 5.75 Å². The van der Waals surface area contributed by atoms with Gasteiger partial charge in [-0.05, 0) is 30.7 Å². The molecule has 0 bridgehead atoms. The summed E-state index contributed by atoms with van der Waals surface area (Å²) in [5.74, 6) is 1.84. The molecule has 0 saturated carbocycles. The predicted molar refractivity (Wildman–Crippen MR) is 48.9 cm³/mol. The highest BCUT2D eigenvalue weighted by molar-refractivity contribution is 5.29. The van der Waals surface area contributed by atoms with Gasteiger partial charge in [-0.3, -0.25) is 0 Å². The van der Waals surface area contributed by atoms with Gasteiger partial charge in [0.05, 0.1) is 0 Å². The Labute approximate surface area is 72.0 Å². The van der Waals surface area contributed by atoms with Crippen molar-refractivity contribution in [3.8, 4) is 5.75 Å². The third kappa shape index (κ3) is 1.56. The summed E-state index contributed by atoms with van der Waals surface area (Å²) in [5, 5.41) is 0. The van der Waals surface area contributed by atoms with Crippen LogP contribution in [0, 0.1) is 0 Å². The Balaban J connectivity index is 2.09. The summed E-state index contributed by atoms with van der Waals surface area (Å²) in [7, 11) is 0. The molecule has 0 heterocycles. The average molecular weight is 158 g/mol. The molecule has 0 aromatic heterocycles. The maximum atomic E-state index is 5.55. The van der Waals surface area contributed by atoms with Crippen LogP contribution < -0.4 is 4.74 Å². The van der Waals surface area contributed by atoms with E-state index in [1.807, 2.05) is 36.4 Å². The van der Waals surface area contributed by atoms with Crippen molar-refractivity contribution in [3.05, 3.63) is 54.3 Å². The molecule has 1 aromatic rings. The summed E-state index contributed by atoms with van der Waals surface area (Å²) < 4.78 is 5.55. The number of allylic oxidation sites excluding steroid dienone is 3. The summed E-state index contributed by atoms with van der Waals surface area (Å²) in [6.07, 6.45) is 7.13. The molecule has 0 amide bonds. The molecule has 1 nitrogen and oxygen atoms in total. The topological polar surface area (TPSA) is 9.23 Å². The summed E-state index contributed by atoms with van der Waals surface area (Å²) in [6, 6.07) is 9.81. The zero-order valence-corrected chi connectivity index (χ0v) is 6.73. The van der Waals surface area contributed by atoms with Crippen LogP contribution in [0.3, 0.4) is 0 Å². The minimum atomic E-state index is 0.898. The van der Waals surface area contributed by atoms with Crippen LogP contribution in [-0.4, -0.2) is 0 Å². The number of para-hydroxylation sites is 1. The SMILES string of the molecule is C1=CC(Oc2ccccc2)=CC1. The van der Waals surface area contributed by atoms with Crippen LogP contribution in [0.25, 0.3) is 0 Å². The van der Waals surface area contributed by atoms with Gasteiger partial charge in [-0.2, -0.15) is 0 Å². The Morgan fingerprint density at radius 1 is 1.08 bits per heavy atom. The van der Waals surface area contributed by atoms with Crippen molar-refractivity contribution in [1.82, 2.24) is 0 Å². The number of rotatable bonds is 2. The third-order valence-electron chi connectivity index (χ3n) is 1.72. The van der Waals surface area contributed by atoms with Crippen molar-refractivity contribution < 1.29 is 4.74 Å². The normalized spacial score (nSPS) is 14.5. The van der Waals surface area contributed by atoms with Crippen LogP contribution in [0.15, 0.2) is 54.3 Å². The van der Waals surface area contributed by atoms with Crippen molar-refractivity contribution >= 4 is 0 Å². The Bertz CT molecular complexity index is 309. The Morgan fingerprint density at radius 3 is 2.58 bits per heavy atom. The van der Waals surface area contributed by atoms with E-state index in [1.165, 1.54) is 0 Å². The molecule has 12 heavy (non-hydrogen) atoms. The Kier molecular flexibility index (Phi) is 1.95. The highest BCUT2D eigenvalue weighted by atomic mass is 16.5. The average Bonchev–Trinajstić information content (AvgIpc) is 2.59. The first-order chi connectivity index (χ1) is 5.95. The first-order valence-corrected chi connectivity index (χ1v) is 4.05. The molecule has 2 rings (SSSR count). The van der Waals surface area contributed by atoms with Gasteiger partial charge in [0.2, 0.25) is 0 Å². The van der Waals surface area contributed by atoms with Gasteiger partial charge >= 0.3 is 0 Å². The van der Waals surface area contributed by atoms with Gasteiger partial charge in [0, 0.05) is 0 Å². The monoisotopic (exact) mass is 158 g/mol. The molecule has 1 heteroatoms. The van der Waals surface area contributed by atoms with E-state index in [0.29, 0.717) is 0 Å². The second kappa shape index (κ2) is 3.26. The van der Waals surface area contributed by atoms with Crippen LogP contribution >= 0.6 is 0 Å². The molecule has 0 N–H and O–H groups in total. The molecular formula is C11H10O. The van der Waals surface area contributed by atoms with E-state index in [2.05, 4.69) is 12.2 Å². The number of hydrogen-bond acceptors (Lipinski definition) is 1. The molecule has 0 saturated heterocycles. The zero-order chi connectivity index (χ0) is 8.23. The molecule has 0 spiro atoms. The molecule has 0 aliphatic heterocycles. The van der Waals surface area contributed by atoms with E-state index in [9.17, 15) is 0 Å². The molecule has 1 aliphatic carbocycles. The molecule has 0 unspecified atom stereocenters. The standard InChI is InChI=1S/C11H10O/c1-2-6-10(7-3-1)12-11-8-4-5-9-11/h1-4,6-9H,5H2. The van der Waals surface area contributed by atoms with Crippen molar-refractivity contribution in [2.45, 2.75) is 6.42 Å². The molecule has 1 aromatic carbocycles. The fraction of sp³-hybridized carbons (Fsp3) is 0.0909. The Hall–Kier alpha value is -1.50. The Morgan fingerprint density at radius 2 is 1.92 bits per heavy atom. The second-order valence-electron chi connectivity index (χ2n) is 2.66. The number of benzene rings is 1. The molecule has 0 atom stereocenters. The maximum absolute atomic E-state index is 5.55. The fourth-order valence-corrected chi connectivity index (χ4v) is 1.14. The van der Waals surface area contributed by atoms with Crippen LogP contribution in [0.2, 0.25) is 0 Å². The highest BCUT2D eigenvalue weighted by Crippen LogP contribution is 2.16. The lowest BCUT2D eigenvalue weighted by Gasteiger charge is -2.02. The van der Waals surface area contributed by atoms with E-state index in [1.54, 1.807) is 0 Å². The van der Waals surface area contributed by atoms with Gasteiger partial charge in [0.15, 0.2) is 0 Å². The van der Waals surface area contributed by atoms with Crippen molar-refractivity contribution in [1.29, 1.82) is 0 Å². The van der Waals surface area contributed by atoms with Crippen molar-refractivity contribution in [2.75, 3.05) is 0 Å². The lowest BCUT2D eigenvalue weighted by molar-refractivity contribution is 0.445. The summed E-state index contributed by atoms with van der Waals surface area (Å²) >= 11 is 0. The minimum absolute atomic E-state index is 0.898. The first-order valence-electron chi connectivity index (χ1n) is 4.05. The maximum Gasteiger partial charge on any atom is 0.127 e. The lowest BCUT2D eigenvalue weighted by atomic mass is 10.3. The van der Waals surface area contributed by atoms with Gasteiger partial charge < -0.3 is 4.74 Å². The number of hydrogen-bond donors (Lipinski definition) is 0. The second-order valence-corrected chi connectivity index (χ2v) is 2.66. The quantitative estimate of drug-likeness (QED) is 0.643. The van der Waals surface area contributed by atoms with Gasteiger partial charge in [0.25, 0.3) is 0 Å². The van der Waals surface area contributed by atoms with Crippen LogP contribution in [-0.2, 0) is 0 Å². The van der Waals surface area contributed by atoms with E-state index in [-0.39, 0.29) is 0 Å². The molecule has 0 fully saturated rings. The molecule has 0 radical (unpaired) electrons. The van der Waals surface area contributed by atoms with Crippen molar-refractivity contribution in [2.24, 2.45) is 0 Å². The number of ether oxygens (including phenoxy) is 1. The first kappa shape index (κ1) is 7.17. The van der Waals surface area contributed by atoms with Gasteiger partial charge in [-0.1, -0.05) is 24.3 Å². The zero-order valence-electron chi connectivity index (χ0n) is 6.73. The van der Waals surface area contributed by atoms with Crippen LogP contribution in [0.1, 0.15) is 6.42 Å². The van der Waals surface area contributed by atoms with E-state index in [4.69, 9.17) is 4.74 Å². The third-order valence-corrected chi connectivity index (χ3v) is 1.72. The lowest BCUT2D eigenvalue weighted by Crippen LogP contribution is -1.88. The smallest absolute Gasteiger partial charge is 0.127 e. The van der Waals surface area contributed by atoms with Gasteiger partial charge in [0.1, 0.15) is 11.5 Å². The summed E-state index contributed by atoms with van der Waals surface area (Å²) in [6.45, 7) is 0. The molecular weight excluding hydrogens is 148 g/mol. The van der Waals surface area contributed by atoms with Gasteiger partial charge in [-0.25, -0.2) is 0 Å².